The first-order valence-corrected chi connectivity index (χ1v) is 4.64. The van der Waals surface area contributed by atoms with Crippen LogP contribution in [0, 0.1) is 4.91 Å². The highest BCUT2D eigenvalue weighted by Crippen LogP contribution is 2.13. The summed E-state index contributed by atoms with van der Waals surface area (Å²) in [5, 5.41) is 14.0. The standard InChI is InChI=1S/C8H19N3O4/c1-5(10-13)8(15-11(3)4)7(12)6(2)14-9/h5-8,12H,9H2,1-4H3. The molecule has 0 aromatic heterocycles. The molecule has 7 heteroatoms. The van der Waals surface area contributed by atoms with Crippen molar-refractivity contribution in [3.63, 3.8) is 0 Å². The minimum atomic E-state index is -1.02. The van der Waals surface area contributed by atoms with Crippen LogP contribution in [0.15, 0.2) is 5.18 Å². The Balaban J connectivity index is 4.53. The molecule has 0 aromatic rings. The van der Waals surface area contributed by atoms with Gasteiger partial charge in [-0.25, -0.2) is 5.90 Å². The Morgan fingerprint density at radius 2 is 1.93 bits per heavy atom. The molecule has 90 valence electrons. The van der Waals surface area contributed by atoms with Gasteiger partial charge in [-0.3, -0.25) is 9.68 Å². The number of nitrogens with zero attached hydrogens (tertiary/aromatic N) is 2. The zero-order valence-corrected chi connectivity index (χ0v) is 9.45. The summed E-state index contributed by atoms with van der Waals surface area (Å²) in [7, 11) is 3.29. The van der Waals surface area contributed by atoms with Crippen LogP contribution in [0.1, 0.15) is 13.8 Å². The van der Waals surface area contributed by atoms with E-state index in [9.17, 15) is 10.0 Å². The van der Waals surface area contributed by atoms with E-state index in [1.807, 2.05) is 0 Å². The van der Waals surface area contributed by atoms with Gasteiger partial charge in [-0.2, -0.15) is 9.97 Å². The second-order valence-corrected chi connectivity index (χ2v) is 3.56. The Hall–Kier alpha value is -0.600. The molecule has 0 amide bonds. The molecule has 0 rings (SSSR count). The van der Waals surface area contributed by atoms with Crippen molar-refractivity contribution in [1.29, 1.82) is 0 Å². The van der Waals surface area contributed by atoms with Crippen molar-refractivity contribution in [3.05, 3.63) is 4.91 Å². The predicted molar refractivity (Wildman–Crippen MR) is 54.6 cm³/mol. The molecule has 0 radical (unpaired) electrons. The van der Waals surface area contributed by atoms with Crippen LogP contribution in [0.5, 0.6) is 0 Å². The average Bonchev–Trinajstić information content (AvgIpc) is 2.22. The summed E-state index contributed by atoms with van der Waals surface area (Å²) < 4.78 is 0. The van der Waals surface area contributed by atoms with Crippen molar-refractivity contribution in [3.8, 4) is 0 Å². The van der Waals surface area contributed by atoms with Gasteiger partial charge in [-0.1, -0.05) is 5.18 Å². The Morgan fingerprint density at radius 1 is 1.40 bits per heavy atom. The summed E-state index contributed by atoms with van der Waals surface area (Å²) in [4.78, 5) is 20.1. The highest BCUT2D eigenvalue weighted by molar-refractivity contribution is 4.82. The minimum absolute atomic E-state index is 0.640. The molecule has 0 bridgehead atoms. The molecular weight excluding hydrogens is 202 g/mol. The van der Waals surface area contributed by atoms with Gasteiger partial charge in [0.05, 0.1) is 0 Å². The lowest BCUT2D eigenvalue weighted by molar-refractivity contribution is -0.217. The van der Waals surface area contributed by atoms with Crippen molar-refractivity contribution in [2.75, 3.05) is 14.1 Å². The predicted octanol–water partition coefficient (Wildman–Crippen LogP) is -0.357. The fourth-order valence-electron chi connectivity index (χ4n) is 1.09. The number of hydrogen-bond acceptors (Lipinski definition) is 7. The third-order valence-electron chi connectivity index (χ3n) is 2.01. The lowest BCUT2D eigenvalue weighted by atomic mass is 10.0. The molecule has 0 aromatic carbocycles. The van der Waals surface area contributed by atoms with Crippen LogP contribution in [0.25, 0.3) is 0 Å². The number of aliphatic hydroxyl groups is 1. The van der Waals surface area contributed by atoms with Gasteiger partial charge in [0, 0.05) is 14.1 Å². The summed E-state index contributed by atoms with van der Waals surface area (Å²) in [5.41, 5.74) is 0. The van der Waals surface area contributed by atoms with E-state index in [4.69, 9.17) is 10.7 Å². The van der Waals surface area contributed by atoms with Crippen molar-refractivity contribution in [1.82, 2.24) is 5.06 Å². The second kappa shape index (κ2) is 6.81. The van der Waals surface area contributed by atoms with Crippen LogP contribution in [0.4, 0.5) is 0 Å². The van der Waals surface area contributed by atoms with Crippen LogP contribution < -0.4 is 5.90 Å². The van der Waals surface area contributed by atoms with Crippen LogP contribution >= 0.6 is 0 Å². The quantitative estimate of drug-likeness (QED) is 0.450. The fourth-order valence-corrected chi connectivity index (χ4v) is 1.09. The van der Waals surface area contributed by atoms with Crippen LogP contribution in [0.3, 0.4) is 0 Å². The Bertz CT molecular complexity index is 191. The summed E-state index contributed by atoms with van der Waals surface area (Å²) in [6, 6.07) is -0.694. The first-order valence-electron chi connectivity index (χ1n) is 4.64. The van der Waals surface area contributed by atoms with Gasteiger partial charge in [-0.05, 0) is 13.8 Å². The van der Waals surface area contributed by atoms with Gasteiger partial charge in [0.25, 0.3) is 0 Å². The molecule has 0 aliphatic carbocycles. The van der Waals surface area contributed by atoms with E-state index in [2.05, 4.69) is 10.0 Å². The number of hydrogen-bond donors (Lipinski definition) is 2. The topological polar surface area (TPSA) is 97.4 Å². The van der Waals surface area contributed by atoms with Gasteiger partial charge in [0.2, 0.25) is 0 Å². The van der Waals surface area contributed by atoms with Gasteiger partial charge in [0.1, 0.15) is 24.4 Å². The maximum absolute atomic E-state index is 10.4. The Labute approximate surface area is 89.0 Å². The monoisotopic (exact) mass is 221 g/mol. The molecule has 4 atom stereocenters. The SMILES string of the molecule is CC(N=O)C(ON(C)C)C(O)C(C)ON. The van der Waals surface area contributed by atoms with Crippen LogP contribution in [-0.4, -0.2) is 48.6 Å². The Morgan fingerprint density at radius 3 is 2.27 bits per heavy atom. The molecule has 0 spiro atoms. The van der Waals surface area contributed by atoms with Gasteiger partial charge in [0.15, 0.2) is 0 Å². The Kier molecular flexibility index (Phi) is 6.53. The van der Waals surface area contributed by atoms with E-state index in [0.29, 0.717) is 0 Å². The van der Waals surface area contributed by atoms with E-state index >= 15 is 0 Å². The van der Waals surface area contributed by atoms with Gasteiger partial charge in [-0.15, -0.1) is 0 Å². The number of nitroso groups, excluding NO2 is 1. The normalized spacial score (nSPS) is 19.7. The highest BCUT2D eigenvalue weighted by atomic mass is 16.7. The molecule has 0 fully saturated rings. The van der Waals surface area contributed by atoms with Gasteiger partial charge >= 0.3 is 0 Å². The third-order valence-corrected chi connectivity index (χ3v) is 2.01. The first-order chi connectivity index (χ1) is 6.93. The molecule has 0 saturated heterocycles. The van der Waals surface area contributed by atoms with Crippen LogP contribution in [-0.2, 0) is 9.68 Å². The maximum Gasteiger partial charge on any atom is 0.133 e. The van der Waals surface area contributed by atoms with Crippen molar-refractivity contribution in [2.45, 2.75) is 38.2 Å². The lowest BCUT2D eigenvalue weighted by Crippen LogP contribution is -2.47. The third kappa shape index (κ3) is 4.63. The average molecular weight is 221 g/mol. The zero-order valence-electron chi connectivity index (χ0n) is 9.45. The summed E-state index contributed by atoms with van der Waals surface area (Å²) in [6.07, 6.45) is -2.44. The second-order valence-electron chi connectivity index (χ2n) is 3.56. The lowest BCUT2D eigenvalue weighted by Gasteiger charge is -2.29. The molecule has 3 N–H and O–H groups in total. The van der Waals surface area contributed by atoms with E-state index in [0.717, 1.165) is 0 Å². The number of rotatable bonds is 7. The van der Waals surface area contributed by atoms with Crippen molar-refractivity contribution in [2.24, 2.45) is 11.1 Å². The van der Waals surface area contributed by atoms with Crippen LogP contribution in [0.2, 0.25) is 0 Å². The van der Waals surface area contributed by atoms with Crippen molar-refractivity contribution >= 4 is 0 Å². The first kappa shape index (κ1) is 14.4. The molecule has 15 heavy (non-hydrogen) atoms. The molecular formula is C8H19N3O4. The molecule has 0 aliphatic rings. The van der Waals surface area contributed by atoms with E-state index in [1.165, 1.54) is 5.06 Å². The van der Waals surface area contributed by atoms with E-state index in [-0.39, 0.29) is 0 Å². The highest BCUT2D eigenvalue weighted by Gasteiger charge is 2.32. The van der Waals surface area contributed by atoms with E-state index in [1.54, 1.807) is 27.9 Å². The molecule has 0 aliphatic heterocycles. The number of nitrogens with two attached hydrogens (primary N) is 1. The summed E-state index contributed by atoms with van der Waals surface area (Å²) >= 11 is 0. The summed E-state index contributed by atoms with van der Waals surface area (Å²) in [6.45, 7) is 3.13. The maximum atomic E-state index is 10.4. The fraction of sp³-hybridized carbons (Fsp3) is 1.00. The molecule has 7 nitrogen and oxygen atoms in total. The minimum Gasteiger partial charge on any atom is -0.387 e. The van der Waals surface area contributed by atoms with Gasteiger partial charge < -0.3 is 5.11 Å². The van der Waals surface area contributed by atoms with Crippen molar-refractivity contribution < 1.29 is 14.8 Å². The number of hydroxylamine groups is 2. The molecule has 4 unspecified atom stereocenters. The zero-order chi connectivity index (χ0) is 12.0. The van der Waals surface area contributed by atoms with E-state index < -0.39 is 24.4 Å². The molecule has 0 saturated carbocycles. The largest absolute Gasteiger partial charge is 0.387 e. The molecule has 0 heterocycles. The number of aliphatic hydroxyl groups excluding tert-OH is 1. The summed E-state index contributed by atoms with van der Waals surface area (Å²) in [5.74, 6) is 4.95. The smallest absolute Gasteiger partial charge is 0.133 e.